The van der Waals surface area contributed by atoms with Crippen LogP contribution in [0.15, 0.2) is 30.6 Å². The van der Waals surface area contributed by atoms with E-state index in [1.165, 1.54) is 10.4 Å². The summed E-state index contributed by atoms with van der Waals surface area (Å²) < 4.78 is 6.40. The number of piperidine rings is 1. The van der Waals surface area contributed by atoms with E-state index in [1.54, 1.807) is 29.4 Å². The average molecular weight is 412 g/mol. The van der Waals surface area contributed by atoms with Crippen molar-refractivity contribution in [2.24, 2.45) is 5.92 Å². The Morgan fingerprint density at radius 1 is 1.28 bits per heavy atom. The molecule has 2 saturated heterocycles. The molecule has 29 heavy (non-hydrogen) atoms. The number of carbonyl (C=O) groups is 1. The molecule has 0 aromatic carbocycles. The Labute approximate surface area is 176 Å². The zero-order valence-electron chi connectivity index (χ0n) is 17.1. The highest BCUT2D eigenvalue weighted by atomic mass is 32.1. The fourth-order valence-electron chi connectivity index (χ4n) is 5.05. The highest BCUT2D eigenvalue weighted by Gasteiger charge is 2.42. The highest BCUT2D eigenvalue weighted by molar-refractivity contribution is 7.12. The summed E-state index contributed by atoms with van der Waals surface area (Å²) in [6, 6.07) is 6.02. The molecule has 1 amide bonds. The van der Waals surface area contributed by atoms with E-state index in [1.807, 2.05) is 16.2 Å². The van der Waals surface area contributed by atoms with Gasteiger partial charge in [0.25, 0.3) is 5.91 Å². The minimum atomic E-state index is -0.0447. The van der Waals surface area contributed by atoms with Crippen LogP contribution in [0.5, 0.6) is 0 Å². The number of aryl methyl sites for hydroxylation is 1. The number of likely N-dealkylation sites (tertiary alicyclic amines) is 2. The van der Waals surface area contributed by atoms with Gasteiger partial charge >= 0.3 is 0 Å². The van der Waals surface area contributed by atoms with Crippen LogP contribution in [-0.4, -0.2) is 60.0 Å². The molecule has 0 saturated carbocycles. The Morgan fingerprint density at radius 2 is 2.03 bits per heavy atom. The van der Waals surface area contributed by atoms with Gasteiger partial charge in [0.15, 0.2) is 0 Å². The van der Waals surface area contributed by atoms with Crippen molar-refractivity contribution in [3.63, 3.8) is 0 Å². The molecule has 5 rings (SSSR count). The number of carbonyl (C=O) groups excluding carboxylic acids is 1. The van der Waals surface area contributed by atoms with Gasteiger partial charge in [0.2, 0.25) is 0 Å². The van der Waals surface area contributed by atoms with Crippen molar-refractivity contribution >= 4 is 17.2 Å². The van der Waals surface area contributed by atoms with Crippen LogP contribution in [0.4, 0.5) is 0 Å². The first-order chi connectivity index (χ1) is 14.2. The predicted molar refractivity (Wildman–Crippen MR) is 114 cm³/mol. The lowest BCUT2D eigenvalue weighted by Gasteiger charge is -2.47. The lowest BCUT2D eigenvalue weighted by Crippen LogP contribution is -2.55. The number of thiophene rings is 1. The van der Waals surface area contributed by atoms with Crippen LogP contribution in [0.2, 0.25) is 0 Å². The summed E-state index contributed by atoms with van der Waals surface area (Å²) in [5.74, 6) is 0.721. The maximum absolute atomic E-state index is 12.5. The molecule has 0 atom stereocenters. The van der Waals surface area contributed by atoms with E-state index in [2.05, 4.69) is 22.9 Å². The Kier molecular flexibility index (Phi) is 5.18. The van der Waals surface area contributed by atoms with Gasteiger partial charge in [-0.2, -0.15) is 0 Å². The van der Waals surface area contributed by atoms with Crippen molar-refractivity contribution in [1.29, 1.82) is 0 Å². The van der Waals surface area contributed by atoms with Gasteiger partial charge < -0.3 is 14.5 Å². The first-order valence-electron chi connectivity index (χ1n) is 10.8. The average Bonchev–Trinajstić information content (AvgIpc) is 3.17. The number of nitrogens with zero attached hydrogens (tertiary/aromatic N) is 3. The van der Waals surface area contributed by atoms with Crippen LogP contribution < -0.4 is 0 Å². The molecule has 3 aliphatic rings. The maximum Gasteiger partial charge on any atom is 0.253 e. The minimum Gasteiger partial charge on any atom is -0.370 e. The second-order valence-corrected chi connectivity index (χ2v) is 9.83. The molecule has 3 aliphatic heterocycles. The quantitative estimate of drug-likeness (QED) is 0.774. The lowest BCUT2D eigenvalue weighted by molar-refractivity contribution is -0.1000. The molecular weight excluding hydrogens is 382 g/mol. The SMILES string of the molecule is CCc1cc2c(s1)CCOC21CCN(CC2CN(C(=O)c3ccncc3)C2)CC1. The Morgan fingerprint density at radius 3 is 2.76 bits per heavy atom. The Bertz CT molecular complexity index is 868. The zero-order chi connectivity index (χ0) is 19.8. The predicted octanol–water partition coefficient (Wildman–Crippen LogP) is 3.34. The topological polar surface area (TPSA) is 45.7 Å². The van der Waals surface area contributed by atoms with Crippen molar-refractivity contribution in [3.05, 3.63) is 51.5 Å². The molecule has 2 aromatic heterocycles. The van der Waals surface area contributed by atoms with Crippen molar-refractivity contribution in [2.75, 3.05) is 39.3 Å². The Hall–Kier alpha value is -1.76. The van der Waals surface area contributed by atoms with Gasteiger partial charge in [-0.1, -0.05) is 6.92 Å². The van der Waals surface area contributed by atoms with E-state index in [0.717, 1.165) is 70.6 Å². The van der Waals surface area contributed by atoms with Crippen molar-refractivity contribution in [3.8, 4) is 0 Å². The number of ether oxygens (including phenoxy) is 1. The standard InChI is InChI=1S/C23H29N3O2S/c1-2-19-13-20-21(29-19)5-12-28-23(20)6-10-25(11-7-23)14-17-15-26(16-17)22(27)18-3-8-24-9-4-18/h3-4,8-9,13,17H,2,5-7,10-12,14-16H2,1H3. The van der Waals surface area contributed by atoms with Crippen LogP contribution in [-0.2, 0) is 23.2 Å². The fraction of sp³-hybridized carbons (Fsp3) is 0.565. The summed E-state index contributed by atoms with van der Waals surface area (Å²) >= 11 is 1.99. The number of hydrogen-bond donors (Lipinski definition) is 0. The summed E-state index contributed by atoms with van der Waals surface area (Å²) in [6.45, 7) is 8.12. The number of amides is 1. The number of fused-ring (bicyclic) bond motifs is 2. The van der Waals surface area contributed by atoms with Gasteiger partial charge in [0.05, 0.1) is 12.2 Å². The van der Waals surface area contributed by atoms with Gasteiger partial charge in [-0.05, 0) is 43.0 Å². The number of pyridine rings is 1. The van der Waals surface area contributed by atoms with Crippen molar-refractivity contribution < 1.29 is 9.53 Å². The van der Waals surface area contributed by atoms with Crippen LogP contribution >= 0.6 is 11.3 Å². The minimum absolute atomic E-state index is 0.0447. The van der Waals surface area contributed by atoms with Crippen LogP contribution in [0.1, 0.15) is 45.4 Å². The van der Waals surface area contributed by atoms with Gasteiger partial charge in [-0.3, -0.25) is 9.78 Å². The van der Waals surface area contributed by atoms with Gasteiger partial charge in [-0.25, -0.2) is 0 Å². The third-order valence-electron chi connectivity index (χ3n) is 6.76. The van der Waals surface area contributed by atoms with E-state index >= 15 is 0 Å². The number of aromatic nitrogens is 1. The molecule has 0 aliphatic carbocycles. The summed E-state index contributed by atoms with van der Waals surface area (Å²) in [7, 11) is 0. The molecular formula is C23H29N3O2S. The van der Waals surface area contributed by atoms with Gasteiger partial charge in [0, 0.05) is 72.8 Å². The second-order valence-electron chi connectivity index (χ2n) is 8.61. The zero-order valence-corrected chi connectivity index (χ0v) is 17.9. The molecule has 0 unspecified atom stereocenters. The fourth-order valence-corrected chi connectivity index (χ4v) is 6.23. The first-order valence-corrected chi connectivity index (χ1v) is 11.7. The third-order valence-corrected chi connectivity index (χ3v) is 8.10. The molecule has 5 nitrogen and oxygen atoms in total. The molecule has 0 N–H and O–H groups in total. The molecule has 1 spiro atoms. The number of hydrogen-bond acceptors (Lipinski definition) is 5. The van der Waals surface area contributed by atoms with Gasteiger partial charge in [0.1, 0.15) is 0 Å². The van der Waals surface area contributed by atoms with Crippen LogP contribution in [0.3, 0.4) is 0 Å². The first kappa shape index (κ1) is 19.2. The van der Waals surface area contributed by atoms with E-state index in [9.17, 15) is 4.79 Å². The largest absolute Gasteiger partial charge is 0.370 e. The molecule has 2 aromatic rings. The van der Waals surface area contributed by atoms with E-state index in [0.29, 0.717) is 5.92 Å². The second kappa shape index (κ2) is 7.82. The van der Waals surface area contributed by atoms with E-state index in [-0.39, 0.29) is 11.5 Å². The van der Waals surface area contributed by atoms with Crippen molar-refractivity contribution in [2.45, 2.75) is 38.2 Å². The normalized spacial score (nSPS) is 21.8. The molecule has 0 radical (unpaired) electrons. The van der Waals surface area contributed by atoms with Gasteiger partial charge in [-0.15, -0.1) is 11.3 Å². The summed E-state index contributed by atoms with van der Waals surface area (Å²) in [4.78, 5) is 24.1. The molecule has 0 bridgehead atoms. The summed E-state index contributed by atoms with van der Waals surface area (Å²) in [5, 5.41) is 0. The molecule has 5 heterocycles. The molecule has 6 heteroatoms. The third kappa shape index (κ3) is 3.62. The summed E-state index contributed by atoms with van der Waals surface area (Å²) in [5.41, 5.74) is 2.19. The van der Waals surface area contributed by atoms with Crippen LogP contribution in [0.25, 0.3) is 0 Å². The van der Waals surface area contributed by atoms with Crippen LogP contribution in [0, 0.1) is 5.92 Å². The van der Waals surface area contributed by atoms with E-state index < -0.39 is 0 Å². The molecule has 154 valence electrons. The smallest absolute Gasteiger partial charge is 0.253 e. The monoisotopic (exact) mass is 411 g/mol. The van der Waals surface area contributed by atoms with E-state index in [4.69, 9.17) is 4.74 Å². The Balaban J connectivity index is 1.14. The number of rotatable bonds is 4. The summed E-state index contributed by atoms with van der Waals surface area (Å²) in [6.07, 6.45) is 7.75. The maximum atomic E-state index is 12.5. The lowest BCUT2D eigenvalue weighted by atomic mass is 9.82. The highest BCUT2D eigenvalue weighted by Crippen LogP contribution is 2.44. The molecule has 2 fully saturated rings. The van der Waals surface area contributed by atoms with Crippen molar-refractivity contribution in [1.82, 2.24) is 14.8 Å².